The van der Waals surface area contributed by atoms with Gasteiger partial charge < -0.3 is 51.2 Å². The maximum absolute atomic E-state index is 16.9. The van der Waals surface area contributed by atoms with Crippen molar-refractivity contribution >= 4 is 61.9 Å². The number of carbonyl (C=O) groups is 3. The van der Waals surface area contributed by atoms with Gasteiger partial charge in [-0.2, -0.15) is 9.97 Å². The number of amides is 3. The van der Waals surface area contributed by atoms with Crippen LogP contribution in [0.3, 0.4) is 0 Å². The molecule has 5 atom stereocenters. The third-order valence-corrected chi connectivity index (χ3v) is 14.5. The summed E-state index contributed by atoms with van der Waals surface area (Å²) in [6.45, 7) is 9.33. The molecule has 3 amide bonds. The smallest absolute Gasteiger partial charge is 0.319 e. The van der Waals surface area contributed by atoms with Gasteiger partial charge in [0.05, 0.1) is 30.3 Å². The van der Waals surface area contributed by atoms with Crippen molar-refractivity contribution in [1.82, 2.24) is 35.8 Å². The number of nitrogens with two attached hydrogens (primary N) is 1. The number of pyridine rings is 1. The molecule has 3 fully saturated rings. The molecule has 386 valence electrons. The Morgan fingerprint density at radius 3 is 2.44 bits per heavy atom. The number of nitrogens with one attached hydrogen (secondary N) is 3. The van der Waals surface area contributed by atoms with E-state index in [9.17, 15) is 29.0 Å². The molecule has 3 aromatic carbocycles. The number of β-amino-alcohol motifs (C(OH)–C–C–N with tert-alkyl or cyclic N) is 1. The van der Waals surface area contributed by atoms with Gasteiger partial charge >= 0.3 is 6.01 Å². The van der Waals surface area contributed by atoms with E-state index >= 15 is 4.39 Å². The molecule has 16 nitrogen and oxygen atoms in total. The SMILES string of the molecule is C#Cc1c(F)ccc2cc(O)cc(-c3ncc4c(N5CC6CCC(C5)N6)nc(OCCCCOCCC(=O)N[C@H](C(=O)N5C[C@H](O)C[C@H]5C(=O)NCc5ccc(/C(SC)=C(\C)N)cc5)C(C)(C)C)nc4c3F)c12. The van der Waals surface area contributed by atoms with Gasteiger partial charge in [0.15, 0.2) is 5.82 Å². The molecule has 8 rings (SSSR count). The number of aromatic nitrogens is 3. The normalized spacial score (nSPS) is 19.4. The Kier molecular flexibility index (Phi) is 16.4. The highest BCUT2D eigenvalue weighted by atomic mass is 32.2. The van der Waals surface area contributed by atoms with E-state index in [1.807, 2.05) is 58.2 Å². The van der Waals surface area contributed by atoms with E-state index in [1.54, 1.807) is 11.8 Å². The number of ether oxygens (including phenoxy) is 2. The van der Waals surface area contributed by atoms with Crippen LogP contribution in [-0.2, 0) is 25.7 Å². The van der Waals surface area contributed by atoms with Crippen LogP contribution in [0.1, 0.15) is 82.9 Å². The van der Waals surface area contributed by atoms with Crippen LogP contribution >= 0.6 is 11.8 Å². The van der Waals surface area contributed by atoms with Gasteiger partial charge in [0.25, 0.3) is 0 Å². The van der Waals surface area contributed by atoms with Crippen molar-refractivity contribution in [2.45, 2.75) is 103 Å². The van der Waals surface area contributed by atoms with Crippen LogP contribution in [-0.4, -0.2) is 124 Å². The summed E-state index contributed by atoms with van der Waals surface area (Å²) in [5.41, 5.74) is 7.65. The third kappa shape index (κ3) is 11.9. The van der Waals surface area contributed by atoms with Gasteiger partial charge in [-0.05, 0) is 79.0 Å². The van der Waals surface area contributed by atoms with Crippen molar-refractivity contribution < 1.29 is 42.9 Å². The number of halogens is 2. The maximum atomic E-state index is 16.9. The van der Waals surface area contributed by atoms with Crippen LogP contribution in [0.15, 0.2) is 60.4 Å². The summed E-state index contributed by atoms with van der Waals surface area (Å²) in [4.78, 5) is 59.1. The highest BCUT2D eigenvalue weighted by Gasteiger charge is 2.44. The van der Waals surface area contributed by atoms with Crippen molar-refractivity contribution in [2.24, 2.45) is 11.1 Å². The minimum atomic E-state index is -0.983. The number of anilines is 1. The zero-order valence-electron chi connectivity index (χ0n) is 41.8. The fraction of sp³-hybridized carbons (Fsp3) is 0.444. The first-order valence-electron chi connectivity index (χ1n) is 24.6. The number of terminal acetylenes is 1. The number of unbranched alkanes of at least 4 members (excludes halogenated alkanes) is 1. The van der Waals surface area contributed by atoms with Crippen molar-refractivity contribution in [2.75, 3.05) is 50.6 Å². The lowest BCUT2D eigenvalue weighted by molar-refractivity contribution is -0.144. The molecule has 5 heterocycles. The number of aliphatic hydroxyl groups is 1. The Labute approximate surface area is 427 Å². The number of carbonyl (C=O) groups excluding carboxylic acids is 3. The van der Waals surface area contributed by atoms with Gasteiger partial charge in [-0.15, -0.1) is 18.2 Å². The zero-order chi connectivity index (χ0) is 52.1. The Balaban J connectivity index is 0.856. The highest BCUT2D eigenvalue weighted by Crippen LogP contribution is 2.39. The van der Waals surface area contributed by atoms with E-state index in [0.717, 1.165) is 34.6 Å². The van der Waals surface area contributed by atoms with E-state index in [-0.39, 0.29) is 90.7 Å². The monoisotopic (exact) mass is 1020 g/mol. The van der Waals surface area contributed by atoms with Crippen molar-refractivity contribution in [3.63, 3.8) is 0 Å². The number of nitrogens with zero attached hydrogens (tertiary/aromatic N) is 5. The van der Waals surface area contributed by atoms with Gasteiger partial charge in [-0.1, -0.05) is 57.0 Å². The number of hydrogen-bond donors (Lipinski definition) is 6. The topological polar surface area (TPSA) is 217 Å². The van der Waals surface area contributed by atoms with Crippen LogP contribution < -0.4 is 31.3 Å². The van der Waals surface area contributed by atoms with Crippen molar-refractivity contribution in [3.8, 4) is 35.4 Å². The fourth-order valence-corrected chi connectivity index (χ4v) is 10.6. The largest absolute Gasteiger partial charge is 0.508 e. The van der Waals surface area contributed by atoms with Crippen molar-refractivity contribution in [3.05, 3.63) is 88.7 Å². The molecule has 2 aromatic heterocycles. The van der Waals surface area contributed by atoms with E-state index in [0.29, 0.717) is 49.1 Å². The molecule has 3 aliphatic heterocycles. The molecule has 5 aromatic rings. The Hall–Kier alpha value is -6.59. The second-order valence-electron chi connectivity index (χ2n) is 20.0. The molecule has 0 radical (unpaired) electrons. The molecule has 2 bridgehead atoms. The molecular formula is C54H63F2N9O7S. The average Bonchev–Trinajstić information content (AvgIpc) is 3.92. The number of rotatable bonds is 18. The average molecular weight is 1020 g/mol. The van der Waals surface area contributed by atoms with Crippen LogP contribution in [0, 0.1) is 29.4 Å². The first kappa shape index (κ1) is 52.7. The molecule has 3 aliphatic rings. The number of likely N-dealkylation sites (tertiary alicyclic amines) is 1. The molecule has 0 aliphatic carbocycles. The number of aliphatic hydroxyl groups excluding tert-OH is 1. The first-order valence-corrected chi connectivity index (χ1v) is 25.8. The summed E-state index contributed by atoms with van der Waals surface area (Å²) >= 11 is 1.56. The van der Waals surface area contributed by atoms with Crippen LogP contribution in [0.4, 0.5) is 14.6 Å². The third-order valence-electron chi connectivity index (χ3n) is 13.5. The summed E-state index contributed by atoms with van der Waals surface area (Å²) < 4.78 is 43.7. The number of piperazine rings is 1. The minimum Gasteiger partial charge on any atom is -0.508 e. The number of fused-ring (bicyclic) bond motifs is 4. The molecule has 0 spiro atoms. The summed E-state index contributed by atoms with van der Waals surface area (Å²) in [6, 6.07) is 11.6. The summed E-state index contributed by atoms with van der Waals surface area (Å²) in [7, 11) is 0. The Morgan fingerprint density at radius 1 is 1.03 bits per heavy atom. The quantitative estimate of drug-likeness (QED) is 0.0430. The number of benzene rings is 3. The van der Waals surface area contributed by atoms with Gasteiger partial charge in [0.2, 0.25) is 17.7 Å². The van der Waals surface area contributed by atoms with Crippen LogP contribution in [0.2, 0.25) is 0 Å². The number of thioether (sulfide) groups is 1. The lowest BCUT2D eigenvalue weighted by Gasteiger charge is -2.35. The predicted molar refractivity (Wildman–Crippen MR) is 278 cm³/mol. The minimum absolute atomic E-state index is 0.0258. The van der Waals surface area contributed by atoms with Crippen LogP contribution in [0.25, 0.3) is 37.8 Å². The zero-order valence-corrected chi connectivity index (χ0v) is 42.6. The second-order valence-corrected chi connectivity index (χ2v) is 20.8. The fourth-order valence-electron chi connectivity index (χ4n) is 9.92. The number of aromatic hydroxyl groups is 1. The number of phenols is 1. The molecule has 0 saturated carbocycles. The van der Waals surface area contributed by atoms with Crippen molar-refractivity contribution in [1.29, 1.82) is 0 Å². The Morgan fingerprint density at radius 2 is 1.75 bits per heavy atom. The van der Waals surface area contributed by atoms with E-state index in [1.165, 1.54) is 35.4 Å². The lowest BCUT2D eigenvalue weighted by Crippen LogP contribution is -2.57. The molecule has 73 heavy (non-hydrogen) atoms. The van der Waals surface area contributed by atoms with Gasteiger partial charge in [-0.25, -0.2) is 8.78 Å². The van der Waals surface area contributed by atoms with Crippen LogP contribution in [0.5, 0.6) is 11.8 Å². The van der Waals surface area contributed by atoms with Gasteiger partial charge in [0, 0.05) is 85.5 Å². The summed E-state index contributed by atoms with van der Waals surface area (Å²) in [5, 5.41) is 31.6. The standard InChI is InChI=1S/C54H63F2N9O7S/c1-7-38-41(55)17-14-33-22-36(66)23-39(44(33)38)46-45(56)47-40(26-58-46)50(64-27-34-15-16-35(28-64)60-34)63-53(62-47)72-20-9-8-19-71-21-18-43(68)61-49(54(3,4)5)52(70)65-29-37(67)24-42(65)51(69)59-25-31-10-12-32(13-11-31)48(73-6)30(2)57/h1,10-14,17,22-23,26,34-35,37,42,49,60,66-67H,8-9,15-16,18-21,24-25,27-29,57H2,2-6H3,(H,59,69)(H,61,68)/b48-30-/t34?,35?,37-,42+,49-/m1/s1. The summed E-state index contributed by atoms with van der Waals surface area (Å²) in [5.74, 6) is -0.0725. The molecule has 2 unspecified atom stereocenters. The van der Waals surface area contributed by atoms with E-state index in [4.69, 9.17) is 26.6 Å². The lowest BCUT2D eigenvalue weighted by atomic mass is 9.85. The molecule has 7 N–H and O–H groups in total. The summed E-state index contributed by atoms with van der Waals surface area (Å²) in [6.07, 6.45) is 11.4. The molecular weight excluding hydrogens is 957 g/mol. The maximum Gasteiger partial charge on any atom is 0.319 e. The predicted octanol–water partition coefficient (Wildman–Crippen LogP) is 6.14. The first-order chi connectivity index (χ1) is 34.9. The van der Waals surface area contributed by atoms with Gasteiger partial charge in [0.1, 0.15) is 40.7 Å². The number of phenolic OH excluding ortho intramolecular Hbond substituents is 1. The second kappa shape index (κ2) is 22.7. The van der Waals surface area contributed by atoms with E-state index < -0.39 is 53.0 Å². The molecule has 3 saturated heterocycles. The molecule has 19 heteroatoms. The van der Waals surface area contributed by atoms with Gasteiger partial charge in [-0.3, -0.25) is 19.4 Å². The number of allylic oxidation sites excluding steroid dienone is 1. The highest BCUT2D eigenvalue weighted by molar-refractivity contribution is 8.07. The Bertz CT molecular complexity index is 2950. The van der Waals surface area contributed by atoms with E-state index in [2.05, 4.69) is 36.7 Å². The number of hydrogen-bond acceptors (Lipinski definition) is 14.